The Balaban J connectivity index is 1.53. The van der Waals surface area contributed by atoms with Gasteiger partial charge in [-0.15, -0.1) is 0 Å². The molecule has 0 saturated carbocycles. The number of rotatable bonds is 8. The van der Waals surface area contributed by atoms with Crippen LogP contribution >= 0.6 is 0 Å². The number of hydrogen-bond donors (Lipinski definition) is 0. The molecule has 1 aliphatic carbocycles. The third kappa shape index (κ3) is 7.20. The van der Waals surface area contributed by atoms with Crippen LogP contribution in [-0.2, 0) is 21.8 Å². The molecule has 3 aromatic rings. The molecule has 0 bridgehead atoms. The molecule has 9 nitrogen and oxygen atoms in total. The van der Waals surface area contributed by atoms with Crippen LogP contribution in [0.2, 0.25) is 0 Å². The summed E-state index contributed by atoms with van der Waals surface area (Å²) in [5, 5.41) is 12.0. The molecule has 0 radical (unpaired) electrons. The topological polar surface area (TPSA) is 108 Å². The molecule has 0 N–H and O–H groups in total. The summed E-state index contributed by atoms with van der Waals surface area (Å²) in [6.45, 7) is 1.46. The molecule has 0 aromatic heterocycles. The maximum atomic E-state index is 13.6. The first-order chi connectivity index (χ1) is 23.0. The summed E-state index contributed by atoms with van der Waals surface area (Å²) >= 11 is 0. The second-order valence-corrected chi connectivity index (χ2v) is 11.7. The second-order valence-electron chi connectivity index (χ2n) is 11.7. The number of nitro groups is 1. The van der Waals surface area contributed by atoms with E-state index in [-0.39, 0.29) is 29.4 Å². The predicted molar refractivity (Wildman–Crippen MR) is 164 cm³/mol. The average Bonchev–Trinajstić information content (AvgIpc) is 3.35. The van der Waals surface area contributed by atoms with Gasteiger partial charge in [0.25, 0.3) is 5.69 Å². The van der Waals surface area contributed by atoms with Gasteiger partial charge in [-0.05, 0) is 97.3 Å². The Morgan fingerprint density at radius 1 is 0.939 bits per heavy atom. The Hall–Kier alpha value is -5.08. The lowest BCUT2D eigenvalue weighted by Crippen LogP contribution is -2.34. The van der Waals surface area contributed by atoms with Gasteiger partial charge in [0.05, 0.1) is 47.4 Å². The molecule has 15 heteroatoms. The van der Waals surface area contributed by atoms with Gasteiger partial charge in [-0.25, -0.2) is 9.59 Å². The highest BCUT2D eigenvalue weighted by molar-refractivity contribution is 5.92. The van der Waals surface area contributed by atoms with Crippen LogP contribution in [0, 0.1) is 10.1 Å². The zero-order valence-electron chi connectivity index (χ0n) is 26.4. The fourth-order valence-electron chi connectivity index (χ4n) is 6.26. The van der Waals surface area contributed by atoms with Gasteiger partial charge < -0.3 is 14.2 Å². The van der Waals surface area contributed by atoms with Gasteiger partial charge >= 0.3 is 24.4 Å². The van der Waals surface area contributed by atoms with Crippen LogP contribution in [0.25, 0.3) is 16.7 Å². The number of esters is 1. The van der Waals surface area contributed by atoms with E-state index in [4.69, 9.17) is 9.47 Å². The molecule has 0 spiro atoms. The van der Waals surface area contributed by atoms with Gasteiger partial charge in [-0.3, -0.25) is 15.0 Å². The number of carbonyl (C=O) groups is 2. The van der Waals surface area contributed by atoms with Crippen molar-refractivity contribution < 1.29 is 55.1 Å². The Kier molecular flexibility index (Phi) is 9.66. The van der Waals surface area contributed by atoms with Crippen LogP contribution in [0.5, 0.6) is 5.75 Å². The van der Waals surface area contributed by atoms with Gasteiger partial charge in [0.15, 0.2) is 0 Å². The van der Waals surface area contributed by atoms with Crippen molar-refractivity contribution in [2.45, 2.75) is 57.1 Å². The van der Waals surface area contributed by atoms with Crippen molar-refractivity contribution in [1.29, 1.82) is 0 Å². The highest BCUT2D eigenvalue weighted by atomic mass is 19.4. The van der Waals surface area contributed by atoms with E-state index in [9.17, 15) is 46.0 Å². The van der Waals surface area contributed by atoms with E-state index >= 15 is 0 Å². The van der Waals surface area contributed by atoms with Gasteiger partial charge in [-0.2, -0.15) is 26.3 Å². The summed E-state index contributed by atoms with van der Waals surface area (Å²) in [5.74, 6) is -0.307. The van der Waals surface area contributed by atoms with Crippen LogP contribution in [0.1, 0.15) is 71.3 Å². The van der Waals surface area contributed by atoms with Crippen molar-refractivity contribution in [2.24, 2.45) is 0 Å². The Morgan fingerprint density at radius 3 is 2.18 bits per heavy atom. The van der Waals surface area contributed by atoms with Gasteiger partial charge in [-0.1, -0.05) is 6.07 Å². The van der Waals surface area contributed by atoms with Crippen molar-refractivity contribution >= 4 is 23.3 Å². The number of nitrogens with zero attached hydrogens (tertiary/aromatic N) is 2. The van der Waals surface area contributed by atoms with Crippen LogP contribution in [-0.4, -0.2) is 48.7 Å². The monoisotopic (exact) mass is 692 g/mol. The molecular weight excluding hydrogens is 662 g/mol. The van der Waals surface area contributed by atoms with Crippen molar-refractivity contribution in [3.8, 4) is 16.9 Å². The summed E-state index contributed by atoms with van der Waals surface area (Å²) in [6.07, 6.45) is -9.90. The number of allylic oxidation sites excluding steroid dienone is 1. The molecule has 1 fully saturated rings. The fraction of sp³-hybridized carbons (Fsp3) is 0.353. The van der Waals surface area contributed by atoms with Crippen LogP contribution in [0.15, 0.2) is 60.2 Å². The minimum absolute atomic E-state index is 0.00588. The quantitative estimate of drug-likeness (QED) is 0.100. The number of benzene rings is 3. The number of alkyl halides is 6. The molecule has 260 valence electrons. The minimum Gasteiger partial charge on any atom is -0.496 e. The zero-order valence-corrected chi connectivity index (χ0v) is 26.4. The number of ether oxygens (including phenoxy) is 3. The van der Waals surface area contributed by atoms with E-state index in [0.717, 1.165) is 37.2 Å². The fourth-order valence-corrected chi connectivity index (χ4v) is 6.26. The Morgan fingerprint density at radius 2 is 1.59 bits per heavy atom. The third-order valence-electron chi connectivity index (χ3n) is 8.73. The maximum absolute atomic E-state index is 13.6. The van der Waals surface area contributed by atoms with Gasteiger partial charge in [0, 0.05) is 18.2 Å². The molecule has 3 aromatic carbocycles. The lowest BCUT2D eigenvalue weighted by atomic mass is 9.85. The lowest BCUT2D eigenvalue weighted by molar-refractivity contribution is -0.384. The van der Waals surface area contributed by atoms with E-state index < -0.39 is 58.2 Å². The number of methoxy groups -OCH3 is 2. The number of nitro benzene ring substituents is 1. The summed E-state index contributed by atoms with van der Waals surface area (Å²) in [7, 11) is 2.61. The molecule has 2 aliphatic rings. The molecule has 1 amide bonds. The Labute approximate surface area is 276 Å². The van der Waals surface area contributed by atoms with Crippen LogP contribution < -0.4 is 4.74 Å². The minimum atomic E-state index is -5.07. The number of halogens is 6. The van der Waals surface area contributed by atoms with E-state index in [0.29, 0.717) is 41.9 Å². The van der Waals surface area contributed by atoms with Crippen LogP contribution in [0.4, 0.5) is 36.8 Å². The summed E-state index contributed by atoms with van der Waals surface area (Å²) in [6, 6.07) is 9.13. The molecule has 0 unspecified atom stereocenters. The highest BCUT2D eigenvalue weighted by Gasteiger charge is 2.43. The molecule has 49 heavy (non-hydrogen) atoms. The first-order valence-electron chi connectivity index (χ1n) is 15.1. The second kappa shape index (κ2) is 13.4. The highest BCUT2D eigenvalue weighted by Crippen LogP contribution is 2.44. The first-order valence-corrected chi connectivity index (χ1v) is 15.1. The number of amides is 1. The summed E-state index contributed by atoms with van der Waals surface area (Å²) < 4.78 is 97.0. The Bertz CT molecular complexity index is 1800. The molecular formula is C34H30F6N2O7. The predicted octanol–water partition coefficient (Wildman–Crippen LogP) is 9.00. The molecule has 1 heterocycles. The zero-order chi connectivity index (χ0) is 35.8. The molecule has 5 rings (SSSR count). The van der Waals surface area contributed by atoms with E-state index in [2.05, 4.69) is 4.74 Å². The number of hydrogen-bond acceptors (Lipinski definition) is 7. The van der Waals surface area contributed by atoms with Gasteiger partial charge in [0.2, 0.25) is 0 Å². The first kappa shape index (κ1) is 35.2. The standard InChI is InChI=1S/C34H30F6N2O7/c1-18-30(22-12-23(33(35,36)37)16-24(13-22)34(38,39)40)49-32(44)41(18)17-21-6-4-5-7-25(21)27-14-19(9-11-29(27)47-2)26-10-8-20(31(43)48-3)15-28(26)42(45)46/h8-16,18,30H,4-7,17H2,1-3H3/t18-,30-/m0/s1. The molecule has 1 saturated heterocycles. The van der Waals surface area contributed by atoms with E-state index in [1.807, 2.05) is 0 Å². The van der Waals surface area contributed by atoms with Crippen LogP contribution in [0.3, 0.4) is 0 Å². The third-order valence-corrected chi connectivity index (χ3v) is 8.73. The normalized spacial score (nSPS) is 18.4. The smallest absolute Gasteiger partial charge is 0.416 e. The number of cyclic esters (lactones) is 1. The molecule has 1 aliphatic heterocycles. The van der Waals surface area contributed by atoms with Crippen molar-refractivity contribution in [2.75, 3.05) is 20.8 Å². The lowest BCUT2D eigenvalue weighted by Gasteiger charge is -2.28. The summed E-state index contributed by atoms with van der Waals surface area (Å²) in [4.78, 5) is 37.8. The largest absolute Gasteiger partial charge is 0.496 e. The van der Waals surface area contributed by atoms with Crippen molar-refractivity contribution in [3.05, 3.63) is 98.1 Å². The van der Waals surface area contributed by atoms with Crippen molar-refractivity contribution in [1.82, 2.24) is 4.90 Å². The molecule has 2 atom stereocenters. The maximum Gasteiger partial charge on any atom is 0.416 e. The SMILES string of the molecule is COC(=O)c1ccc(-c2ccc(OC)c(C3=C(CN4C(=O)O[C@H](c5cc(C(F)(F)F)cc(C(F)(F)F)c5)[C@@H]4C)CCCC3)c2)c([N+](=O)[O-])c1. The summed E-state index contributed by atoms with van der Waals surface area (Å²) in [5.41, 5.74) is -1.00. The average molecular weight is 693 g/mol. The van der Waals surface area contributed by atoms with Crippen molar-refractivity contribution in [3.63, 3.8) is 0 Å². The van der Waals surface area contributed by atoms with Gasteiger partial charge in [0.1, 0.15) is 11.9 Å². The van der Waals surface area contributed by atoms with E-state index in [1.54, 1.807) is 18.2 Å². The van der Waals surface area contributed by atoms with E-state index in [1.165, 1.54) is 31.1 Å². The number of carbonyl (C=O) groups excluding carboxylic acids is 2.